The Kier molecular flexibility index (Phi) is 9.35. The lowest BCUT2D eigenvalue weighted by Crippen LogP contribution is -2.24. The van der Waals surface area contributed by atoms with Crippen LogP contribution in [0, 0.1) is 6.92 Å². The van der Waals surface area contributed by atoms with Gasteiger partial charge in [0.15, 0.2) is 0 Å². The highest BCUT2D eigenvalue weighted by Crippen LogP contribution is 2.28. The van der Waals surface area contributed by atoms with Crippen molar-refractivity contribution in [3.8, 4) is 11.5 Å². The van der Waals surface area contributed by atoms with Crippen molar-refractivity contribution in [1.82, 2.24) is 20.1 Å². The van der Waals surface area contributed by atoms with E-state index in [0.29, 0.717) is 23.6 Å². The van der Waals surface area contributed by atoms with E-state index in [2.05, 4.69) is 20.4 Å². The molecule has 2 aromatic heterocycles. The second kappa shape index (κ2) is 12.2. The molecule has 0 aliphatic carbocycles. The monoisotopic (exact) mass is 433 g/mol. The number of pyridine rings is 1. The summed E-state index contributed by atoms with van der Waals surface area (Å²) in [5.41, 5.74) is 3.79. The Balaban J connectivity index is 0.00000176. The summed E-state index contributed by atoms with van der Waals surface area (Å²) in [4.78, 5) is 21.1. The molecule has 0 aliphatic rings. The highest BCUT2D eigenvalue weighted by Gasteiger charge is 2.14. The number of ether oxygens (including phenoxy) is 1. The molecule has 0 bridgehead atoms. The molecule has 3 aromatic rings. The molecule has 32 heavy (non-hydrogen) atoms. The number of benzene rings is 1. The summed E-state index contributed by atoms with van der Waals surface area (Å²) >= 11 is 0. The minimum absolute atomic E-state index is 0.172. The Morgan fingerprint density at radius 1 is 1.25 bits per heavy atom. The van der Waals surface area contributed by atoms with Gasteiger partial charge in [-0.25, -0.2) is 0 Å². The molecule has 0 atom stereocenters. The third-order valence-corrected chi connectivity index (χ3v) is 4.56. The van der Waals surface area contributed by atoms with Gasteiger partial charge in [-0.1, -0.05) is 26.0 Å². The molecule has 0 radical (unpaired) electrons. The first-order valence-electron chi connectivity index (χ1n) is 10.6. The molecule has 1 amide bonds. The molecule has 168 valence electrons. The predicted molar refractivity (Wildman–Crippen MR) is 129 cm³/mol. The number of amides is 1. The largest absolute Gasteiger partial charge is 0.457 e. The predicted octanol–water partition coefficient (Wildman–Crippen LogP) is 4.98. The maximum atomic E-state index is 12.7. The van der Waals surface area contributed by atoms with Crippen molar-refractivity contribution in [2.45, 2.75) is 34.2 Å². The van der Waals surface area contributed by atoms with Crippen LogP contribution in [0.3, 0.4) is 0 Å². The molecule has 1 N–H and O–H groups in total. The number of nitrogens with one attached hydrogen (secondary N) is 1. The minimum Gasteiger partial charge on any atom is -0.457 e. The summed E-state index contributed by atoms with van der Waals surface area (Å²) < 4.78 is 7.78. The lowest BCUT2D eigenvalue weighted by molar-refractivity contribution is 0.0949. The Labute approximate surface area is 189 Å². The summed E-state index contributed by atoms with van der Waals surface area (Å²) in [7, 11) is 3.56. The normalized spacial score (nSPS) is 11.1. The molecular formula is C25H31N5O2. The van der Waals surface area contributed by atoms with Gasteiger partial charge in [0.25, 0.3) is 5.91 Å². The average molecular weight is 434 g/mol. The van der Waals surface area contributed by atoms with Gasteiger partial charge in [-0.2, -0.15) is 5.10 Å². The molecule has 0 spiro atoms. The summed E-state index contributed by atoms with van der Waals surface area (Å²) in [6.07, 6.45) is 7.23. The second-order valence-electron chi connectivity index (χ2n) is 6.70. The van der Waals surface area contributed by atoms with E-state index in [-0.39, 0.29) is 5.91 Å². The van der Waals surface area contributed by atoms with E-state index in [1.807, 2.05) is 65.2 Å². The van der Waals surface area contributed by atoms with E-state index in [1.54, 1.807) is 42.3 Å². The van der Waals surface area contributed by atoms with Gasteiger partial charge in [-0.3, -0.25) is 19.5 Å². The standard InChI is InChI=1S/C23H25N5O2.C2H6/c1-5-17(14-24-3)21-13-19(9-11-25-21)30-22-8-6-7-20(16(22)2)23(29)26-15-18-10-12-28(4)27-18;1-2/h5-14H,15H2,1-4H3,(H,26,29);1-2H3/b17-5+,24-14?;. The van der Waals surface area contributed by atoms with Crippen molar-refractivity contribution < 1.29 is 9.53 Å². The van der Waals surface area contributed by atoms with E-state index >= 15 is 0 Å². The molecule has 7 heteroatoms. The molecule has 0 fully saturated rings. The number of hydrogen-bond donors (Lipinski definition) is 1. The molecule has 0 aliphatic heterocycles. The van der Waals surface area contributed by atoms with Crippen LogP contribution in [0.2, 0.25) is 0 Å². The number of aliphatic imine (C=N–C) groups is 1. The van der Waals surface area contributed by atoms with Gasteiger partial charge in [0.2, 0.25) is 0 Å². The van der Waals surface area contributed by atoms with Crippen molar-refractivity contribution in [3.63, 3.8) is 0 Å². The Bertz CT molecular complexity index is 1100. The summed E-state index contributed by atoms with van der Waals surface area (Å²) in [5, 5.41) is 7.18. The van der Waals surface area contributed by atoms with Gasteiger partial charge in [-0.05, 0) is 38.1 Å². The topological polar surface area (TPSA) is 81.4 Å². The number of aromatic nitrogens is 3. The number of aryl methyl sites for hydroxylation is 1. The zero-order valence-corrected chi connectivity index (χ0v) is 19.6. The Morgan fingerprint density at radius 3 is 2.69 bits per heavy atom. The summed E-state index contributed by atoms with van der Waals surface area (Å²) in [6, 6.07) is 10.9. The van der Waals surface area contributed by atoms with E-state index in [1.165, 1.54) is 0 Å². The molecule has 0 saturated carbocycles. The van der Waals surface area contributed by atoms with E-state index in [0.717, 1.165) is 22.5 Å². The van der Waals surface area contributed by atoms with Crippen LogP contribution in [0.1, 0.15) is 48.1 Å². The maximum absolute atomic E-state index is 12.7. The van der Waals surface area contributed by atoms with E-state index < -0.39 is 0 Å². The lowest BCUT2D eigenvalue weighted by atomic mass is 10.1. The molecule has 1 aromatic carbocycles. The van der Waals surface area contributed by atoms with Crippen molar-refractivity contribution in [2.75, 3.05) is 7.05 Å². The van der Waals surface area contributed by atoms with Crippen LogP contribution < -0.4 is 10.1 Å². The zero-order valence-electron chi connectivity index (χ0n) is 19.6. The first kappa shape index (κ1) is 24.5. The molecule has 7 nitrogen and oxygen atoms in total. The zero-order chi connectivity index (χ0) is 23.5. The van der Waals surface area contributed by atoms with Crippen LogP contribution in [0.4, 0.5) is 0 Å². The fourth-order valence-corrected chi connectivity index (χ4v) is 2.98. The first-order chi connectivity index (χ1) is 15.5. The van der Waals surface area contributed by atoms with E-state index in [4.69, 9.17) is 4.74 Å². The van der Waals surface area contributed by atoms with Gasteiger partial charge in [0.1, 0.15) is 11.5 Å². The third-order valence-electron chi connectivity index (χ3n) is 4.56. The fourth-order valence-electron chi connectivity index (χ4n) is 2.98. The molecular weight excluding hydrogens is 402 g/mol. The van der Waals surface area contributed by atoms with Gasteiger partial charge < -0.3 is 10.1 Å². The number of carbonyl (C=O) groups is 1. The van der Waals surface area contributed by atoms with Crippen molar-refractivity contribution in [1.29, 1.82) is 0 Å². The third kappa shape index (κ3) is 6.38. The maximum Gasteiger partial charge on any atom is 0.252 e. The number of allylic oxidation sites excluding steroid dienone is 2. The van der Waals surface area contributed by atoms with Crippen LogP contribution in [0.25, 0.3) is 5.57 Å². The smallest absolute Gasteiger partial charge is 0.252 e. The van der Waals surface area contributed by atoms with Crippen molar-refractivity contribution >= 4 is 17.7 Å². The van der Waals surface area contributed by atoms with Gasteiger partial charge >= 0.3 is 0 Å². The quantitative estimate of drug-likeness (QED) is 0.533. The Morgan fingerprint density at radius 2 is 2.03 bits per heavy atom. The first-order valence-corrected chi connectivity index (χ1v) is 10.6. The van der Waals surface area contributed by atoms with Crippen LogP contribution in [-0.4, -0.2) is 33.9 Å². The number of hydrogen-bond acceptors (Lipinski definition) is 5. The van der Waals surface area contributed by atoms with Crippen LogP contribution >= 0.6 is 0 Å². The molecule has 0 saturated heterocycles. The highest BCUT2D eigenvalue weighted by molar-refractivity contribution is 6.08. The van der Waals surface area contributed by atoms with Crippen LogP contribution in [0.15, 0.2) is 59.9 Å². The minimum atomic E-state index is -0.172. The van der Waals surface area contributed by atoms with Crippen LogP contribution in [-0.2, 0) is 13.6 Å². The Hall–Kier alpha value is -3.74. The summed E-state index contributed by atoms with van der Waals surface area (Å²) in [6.45, 7) is 8.17. The number of rotatable bonds is 7. The number of carbonyl (C=O) groups excluding carboxylic acids is 1. The van der Waals surface area contributed by atoms with Crippen molar-refractivity contribution in [3.05, 3.63) is 77.4 Å². The SMILES string of the molecule is C/C=C(\C=NC)c1cc(Oc2cccc(C(=O)NCc3ccn(C)n3)c2C)ccn1.CC. The van der Waals surface area contributed by atoms with Crippen LogP contribution in [0.5, 0.6) is 11.5 Å². The lowest BCUT2D eigenvalue weighted by Gasteiger charge is -2.13. The molecule has 2 heterocycles. The van der Waals surface area contributed by atoms with E-state index in [9.17, 15) is 4.79 Å². The van der Waals surface area contributed by atoms with Gasteiger partial charge in [0, 0.05) is 55.5 Å². The second-order valence-corrected chi connectivity index (χ2v) is 6.70. The molecule has 0 unspecified atom stereocenters. The molecule has 3 rings (SSSR count). The summed E-state index contributed by atoms with van der Waals surface area (Å²) in [5.74, 6) is 1.08. The average Bonchev–Trinajstić information content (AvgIpc) is 3.24. The highest BCUT2D eigenvalue weighted by atomic mass is 16.5. The number of nitrogens with zero attached hydrogens (tertiary/aromatic N) is 4. The fraction of sp³-hybridized carbons (Fsp3) is 0.280. The van der Waals surface area contributed by atoms with Gasteiger partial charge in [-0.15, -0.1) is 0 Å². The van der Waals surface area contributed by atoms with Crippen molar-refractivity contribution in [2.24, 2.45) is 12.0 Å². The van der Waals surface area contributed by atoms with Gasteiger partial charge in [0.05, 0.1) is 17.9 Å².